The fraction of sp³-hybridized carbons (Fsp3) is 0.217. The van der Waals surface area contributed by atoms with Crippen LogP contribution in [-0.2, 0) is 26.0 Å². The van der Waals surface area contributed by atoms with Crippen molar-refractivity contribution < 1.29 is 4.74 Å². The Morgan fingerprint density at radius 2 is 1.84 bits per heavy atom. The number of aromatic amines is 1. The Bertz CT molecular complexity index is 1250. The van der Waals surface area contributed by atoms with Crippen LogP contribution in [0.25, 0.3) is 11.4 Å². The van der Waals surface area contributed by atoms with Gasteiger partial charge in [0.1, 0.15) is 17.4 Å². The maximum atomic E-state index is 12.8. The lowest BCUT2D eigenvalue weighted by Gasteiger charge is -2.16. The molecule has 0 saturated heterocycles. The number of aryl methyl sites for hydroxylation is 2. The third-order valence-corrected chi connectivity index (χ3v) is 5.78. The third kappa shape index (κ3) is 5.00. The van der Waals surface area contributed by atoms with Crippen LogP contribution >= 0.6 is 23.2 Å². The Hall–Kier alpha value is -3.16. The molecule has 0 bridgehead atoms. The average Bonchev–Trinajstić information content (AvgIpc) is 3.35. The van der Waals surface area contributed by atoms with Gasteiger partial charge in [-0.15, -0.1) is 5.10 Å². The van der Waals surface area contributed by atoms with Crippen molar-refractivity contribution in [1.82, 2.24) is 25.2 Å². The van der Waals surface area contributed by atoms with Crippen LogP contribution in [0.4, 0.5) is 0 Å². The highest BCUT2D eigenvalue weighted by Crippen LogP contribution is 2.22. The molecule has 0 aliphatic heterocycles. The molecule has 1 N–H and O–H groups in total. The summed E-state index contributed by atoms with van der Waals surface area (Å²) in [5.74, 6) is 1.33. The maximum absolute atomic E-state index is 12.8. The number of nitrogens with zero attached hydrogens (tertiary/aromatic N) is 4. The predicted molar refractivity (Wildman–Crippen MR) is 124 cm³/mol. The van der Waals surface area contributed by atoms with Crippen LogP contribution < -0.4 is 10.3 Å². The lowest BCUT2D eigenvalue weighted by molar-refractivity contribution is 0.292. The second-order valence-corrected chi connectivity index (χ2v) is 8.04. The number of tetrazole rings is 1. The van der Waals surface area contributed by atoms with E-state index in [0.29, 0.717) is 29.5 Å². The molecule has 7 nitrogen and oxygen atoms in total. The monoisotopic (exact) mass is 469 g/mol. The number of halogens is 2. The molecule has 4 rings (SSSR count). The van der Waals surface area contributed by atoms with E-state index in [-0.39, 0.29) is 17.2 Å². The van der Waals surface area contributed by atoms with E-state index in [0.717, 1.165) is 23.3 Å². The summed E-state index contributed by atoms with van der Waals surface area (Å²) in [6.45, 7) is 2.66. The van der Waals surface area contributed by atoms with Crippen molar-refractivity contribution in [2.75, 3.05) is 0 Å². The number of nitrogens with one attached hydrogen (secondary N) is 1. The molecule has 2 aromatic carbocycles. The number of benzene rings is 2. The van der Waals surface area contributed by atoms with E-state index in [9.17, 15) is 4.79 Å². The first kappa shape index (κ1) is 22.0. The van der Waals surface area contributed by atoms with Gasteiger partial charge in [0.15, 0.2) is 5.82 Å². The quantitative estimate of drug-likeness (QED) is 0.403. The smallest absolute Gasteiger partial charge is 0.269 e. The molecule has 164 valence electrons. The Kier molecular flexibility index (Phi) is 6.87. The van der Waals surface area contributed by atoms with E-state index < -0.39 is 0 Å². The van der Waals surface area contributed by atoms with Crippen LogP contribution in [0.3, 0.4) is 0 Å². The highest BCUT2D eigenvalue weighted by Gasteiger charge is 2.14. The Balaban J connectivity index is 1.53. The van der Waals surface area contributed by atoms with Crippen molar-refractivity contribution in [3.63, 3.8) is 0 Å². The Labute approximate surface area is 195 Å². The van der Waals surface area contributed by atoms with Crippen molar-refractivity contribution in [1.29, 1.82) is 0 Å². The van der Waals surface area contributed by atoms with Gasteiger partial charge in [-0.05, 0) is 52.6 Å². The molecule has 0 unspecified atom stereocenters. The molecular weight excluding hydrogens is 449 g/mol. The SMILES string of the molecule is CCc1cccc(OCc2c(Cl)cc(Cl)c(=O)n2CCc2ccc(-c3nnn[nH]3)cc2)c1. The Morgan fingerprint density at radius 1 is 1.03 bits per heavy atom. The zero-order chi connectivity index (χ0) is 22.5. The van der Waals surface area contributed by atoms with Gasteiger partial charge in [-0.25, -0.2) is 5.10 Å². The molecule has 9 heteroatoms. The molecule has 0 radical (unpaired) electrons. The molecule has 2 heterocycles. The lowest BCUT2D eigenvalue weighted by atomic mass is 10.1. The van der Waals surface area contributed by atoms with Crippen molar-refractivity contribution in [2.45, 2.75) is 32.9 Å². The summed E-state index contributed by atoms with van der Waals surface area (Å²) >= 11 is 12.6. The number of ether oxygens (including phenoxy) is 1. The van der Waals surface area contributed by atoms with Crippen LogP contribution in [0, 0.1) is 0 Å². The van der Waals surface area contributed by atoms with Gasteiger partial charge in [0.05, 0.1) is 10.7 Å². The van der Waals surface area contributed by atoms with Crippen LogP contribution in [0.2, 0.25) is 10.0 Å². The number of aromatic nitrogens is 5. The summed E-state index contributed by atoms with van der Waals surface area (Å²) in [4.78, 5) is 12.8. The molecular formula is C23H21Cl2N5O2. The average molecular weight is 470 g/mol. The van der Waals surface area contributed by atoms with Gasteiger partial charge in [-0.2, -0.15) is 0 Å². The number of pyridine rings is 1. The fourth-order valence-corrected chi connectivity index (χ4v) is 3.91. The van der Waals surface area contributed by atoms with Crippen LogP contribution in [0.1, 0.15) is 23.7 Å². The van der Waals surface area contributed by atoms with E-state index in [1.54, 1.807) is 4.57 Å². The van der Waals surface area contributed by atoms with Gasteiger partial charge in [0, 0.05) is 12.1 Å². The summed E-state index contributed by atoms with van der Waals surface area (Å²) in [7, 11) is 0. The normalized spacial score (nSPS) is 11.0. The van der Waals surface area contributed by atoms with Gasteiger partial charge < -0.3 is 9.30 Å². The third-order valence-electron chi connectivity index (χ3n) is 5.18. The van der Waals surface area contributed by atoms with Crippen LogP contribution in [-0.4, -0.2) is 25.2 Å². The highest BCUT2D eigenvalue weighted by atomic mass is 35.5. The van der Waals surface area contributed by atoms with Gasteiger partial charge in [0.25, 0.3) is 5.56 Å². The molecule has 0 saturated carbocycles. The van der Waals surface area contributed by atoms with E-state index >= 15 is 0 Å². The summed E-state index contributed by atoms with van der Waals surface area (Å²) in [5, 5.41) is 14.3. The first-order chi connectivity index (χ1) is 15.5. The van der Waals surface area contributed by atoms with E-state index in [2.05, 4.69) is 27.5 Å². The van der Waals surface area contributed by atoms with Crippen molar-refractivity contribution in [3.8, 4) is 17.1 Å². The van der Waals surface area contributed by atoms with E-state index in [1.165, 1.54) is 11.6 Å². The molecule has 4 aromatic rings. The van der Waals surface area contributed by atoms with Gasteiger partial charge in [-0.1, -0.05) is 66.5 Å². The van der Waals surface area contributed by atoms with E-state index in [4.69, 9.17) is 27.9 Å². The van der Waals surface area contributed by atoms with Gasteiger partial charge >= 0.3 is 0 Å². The number of hydrogen-bond acceptors (Lipinski definition) is 5. The van der Waals surface area contributed by atoms with Crippen molar-refractivity contribution >= 4 is 23.2 Å². The van der Waals surface area contributed by atoms with Crippen LogP contribution in [0.5, 0.6) is 5.75 Å². The van der Waals surface area contributed by atoms with Gasteiger partial charge in [0.2, 0.25) is 0 Å². The standard InChI is InChI=1S/C23H21Cl2N5O2/c1-2-15-4-3-5-18(12-15)32-14-21-19(24)13-20(25)23(31)30(21)11-10-16-6-8-17(9-7-16)22-26-28-29-27-22/h3-9,12-13H,2,10-11,14H2,1H3,(H,26,27,28,29). The predicted octanol–water partition coefficient (Wildman–Crippen LogP) is 4.72. The number of rotatable bonds is 8. The summed E-state index contributed by atoms with van der Waals surface area (Å²) in [6, 6.07) is 17.1. The zero-order valence-electron chi connectivity index (χ0n) is 17.4. The minimum atomic E-state index is -0.290. The topological polar surface area (TPSA) is 85.7 Å². The second-order valence-electron chi connectivity index (χ2n) is 7.23. The van der Waals surface area contributed by atoms with Crippen LogP contribution in [0.15, 0.2) is 59.4 Å². The largest absolute Gasteiger partial charge is 0.487 e. The summed E-state index contributed by atoms with van der Waals surface area (Å²) in [6.07, 6.45) is 1.53. The maximum Gasteiger partial charge on any atom is 0.269 e. The molecule has 0 amide bonds. The Morgan fingerprint density at radius 3 is 2.56 bits per heavy atom. The first-order valence-corrected chi connectivity index (χ1v) is 10.9. The molecule has 0 fully saturated rings. The molecule has 2 aromatic heterocycles. The minimum Gasteiger partial charge on any atom is -0.487 e. The summed E-state index contributed by atoms with van der Waals surface area (Å²) < 4.78 is 7.54. The van der Waals surface area contributed by atoms with Crippen molar-refractivity contribution in [3.05, 3.63) is 91.8 Å². The zero-order valence-corrected chi connectivity index (χ0v) is 18.9. The van der Waals surface area contributed by atoms with Gasteiger partial charge in [-0.3, -0.25) is 4.79 Å². The molecule has 0 aliphatic rings. The fourth-order valence-electron chi connectivity index (χ4n) is 3.38. The minimum absolute atomic E-state index is 0.0832. The second kappa shape index (κ2) is 9.97. The first-order valence-electron chi connectivity index (χ1n) is 10.2. The molecule has 0 aliphatic carbocycles. The molecule has 32 heavy (non-hydrogen) atoms. The lowest BCUT2D eigenvalue weighted by Crippen LogP contribution is -2.26. The summed E-state index contributed by atoms with van der Waals surface area (Å²) in [5.41, 5.74) is 3.40. The number of hydrogen-bond donors (Lipinski definition) is 1. The molecule has 0 atom stereocenters. The van der Waals surface area contributed by atoms with Crippen molar-refractivity contribution in [2.24, 2.45) is 0 Å². The highest BCUT2D eigenvalue weighted by molar-refractivity contribution is 6.34. The van der Waals surface area contributed by atoms with E-state index in [1.807, 2.05) is 48.5 Å². The molecule has 0 spiro atoms. The number of H-pyrrole nitrogens is 1.